The molecule has 7 heteroatoms. The van der Waals surface area contributed by atoms with E-state index in [-0.39, 0.29) is 36.3 Å². The van der Waals surface area contributed by atoms with Gasteiger partial charge in [-0.2, -0.15) is 0 Å². The summed E-state index contributed by atoms with van der Waals surface area (Å²) >= 11 is 0. The molecule has 0 bridgehead atoms. The average Bonchev–Trinajstić information content (AvgIpc) is 3.30. The van der Waals surface area contributed by atoms with Crippen molar-refractivity contribution in [3.8, 4) is 0 Å². The Labute approximate surface area is 191 Å². The quantitative estimate of drug-likeness (QED) is 0.582. The van der Waals surface area contributed by atoms with Crippen molar-refractivity contribution in [3.63, 3.8) is 0 Å². The molecular formula is C26H26FN3O3. The third-order valence-corrected chi connectivity index (χ3v) is 6.10. The van der Waals surface area contributed by atoms with Gasteiger partial charge in [0.25, 0.3) is 11.5 Å². The lowest BCUT2D eigenvalue weighted by molar-refractivity contribution is -0.121. The number of nitrogens with one attached hydrogen (secondary N) is 2. The summed E-state index contributed by atoms with van der Waals surface area (Å²) in [7, 11) is 0. The molecule has 1 aliphatic rings. The van der Waals surface area contributed by atoms with Gasteiger partial charge in [-0.15, -0.1) is 0 Å². The Morgan fingerprint density at radius 2 is 1.64 bits per heavy atom. The molecule has 0 atom stereocenters. The van der Waals surface area contributed by atoms with E-state index in [0.29, 0.717) is 5.56 Å². The number of carbonyl (C=O) groups excluding carboxylic acids is 2. The van der Waals surface area contributed by atoms with Gasteiger partial charge in [0.2, 0.25) is 5.91 Å². The van der Waals surface area contributed by atoms with Crippen LogP contribution in [-0.4, -0.2) is 16.4 Å². The van der Waals surface area contributed by atoms with E-state index in [1.807, 2.05) is 30.3 Å². The van der Waals surface area contributed by atoms with Crippen molar-refractivity contribution >= 4 is 11.8 Å². The van der Waals surface area contributed by atoms with E-state index in [2.05, 4.69) is 10.6 Å². The van der Waals surface area contributed by atoms with Gasteiger partial charge < -0.3 is 15.2 Å². The van der Waals surface area contributed by atoms with Crippen LogP contribution in [0.4, 0.5) is 4.39 Å². The minimum Gasteiger partial charge on any atom is -0.350 e. The molecule has 170 valence electrons. The Bertz CT molecular complexity index is 1180. The Kier molecular flexibility index (Phi) is 6.68. The summed E-state index contributed by atoms with van der Waals surface area (Å²) in [5.74, 6) is -1.00. The van der Waals surface area contributed by atoms with Gasteiger partial charge in [0, 0.05) is 18.8 Å². The predicted octanol–water partition coefficient (Wildman–Crippen LogP) is 3.50. The lowest BCUT2D eigenvalue weighted by atomic mass is 9.88. The van der Waals surface area contributed by atoms with Gasteiger partial charge in [-0.25, -0.2) is 4.39 Å². The van der Waals surface area contributed by atoms with Gasteiger partial charge in [0.1, 0.15) is 12.4 Å². The topological polar surface area (TPSA) is 80.2 Å². The van der Waals surface area contributed by atoms with E-state index < -0.39 is 5.54 Å². The van der Waals surface area contributed by atoms with E-state index in [1.54, 1.807) is 12.1 Å². The van der Waals surface area contributed by atoms with Crippen molar-refractivity contribution in [2.45, 2.75) is 44.3 Å². The number of carbonyl (C=O) groups is 2. The molecule has 1 fully saturated rings. The van der Waals surface area contributed by atoms with Crippen LogP contribution < -0.4 is 16.2 Å². The molecule has 0 saturated heterocycles. The zero-order chi connectivity index (χ0) is 23.3. The second-order valence-electron chi connectivity index (χ2n) is 8.40. The fraction of sp³-hybridized carbons (Fsp3) is 0.269. The van der Waals surface area contributed by atoms with Crippen molar-refractivity contribution in [3.05, 3.63) is 106 Å². The maximum atomic E-state index is 13.1. The molecule has 0 spiro atoms. The minimum atomic E-state index is -0.425. The lowest BCUT2D eigenvalue weighted by Gasteiger charge is -2.31. The first-order chi connectivity index (χ1) is 15.9. The lowest BCUT2D eigenvalue weighted by Crippen LogP contribution is -2.44. The van der Waals surface area contributed by atoms with Gasteiger partial charge in [-0.3, -0.25) is 14.4 Å². The van der Waals surface area contributed by atoms with Gasteiger partial charge in [0.05, 0.1) is 11.1 Å². The molecule has 33 heavy (non-hydrogen) atoms. The molecule has 2 aromatic carbocycles. The second-order valence-corrected chi connectivity index (χ2v) is 8.40. The molecule has 0 radical (unpaired) electrons. The third-order valence-electron chi connectivity index (χ3n) is 6.10. The molecule has 1 heterocycles. The molecule has 2 amide bonds. The van der Waals surface area contributed by atoms with E-state index >= 15 is 0 Å². The highest BCUT2D eigenvalue weighted by atomic mass is 19.1. The van der Waals surface area contributed by atoms with Gasteiger partial charge in [-0.1, -0.05) is 55.3 Å². The number of halogens is 1. The minimum absolute atomic E-state index is 0.216. The molecule has 6 nitrogen and oxygen atoms in total. The second kappa shape index (κ2) is 9.81. The van der Waals surface area contributed by atoms with Crippen molar-refractivity contribution in [1.82, 2.24) is 15.2 Å². The normalized spacial score (nSPS) is 14.6. The summed E-state index contributed by atoms with van der Waals surface area (Å²) in [6, 6.07) is 18.5. The maximum Gasteiger partial charge on any atom is 0.253 e. The highest BCUT2D eigenvalue weighted by Gasteiger charge is 2.37. The molecule has 2 N–H and O–H groups in total. The number of amides is 2. The Balaban J connectivity index is 1.45. The zero-order valence-electron chi connectivity index (χ0n) is 18.2. The van der Waals surface area contributed by atoms with Crippen LogP contribution in [0.5, 0.6) is 0 Å². The van der Waals surface area contributed by atoms with Gasteiger partial charge in [-0.05, 0) is 42.2 Å². The molecule has 0 aliphatic heterocycles. The maximum absolute atomic E-state index is 13.1. The van der Waals surface area contributed by atoms with Crippen LogP contribution in [-0.2, 0) is 23.4 Å². The van der Waals surface area contributed by atoms with Crippen LogP contribution in [0, 0.1) is 5.82 Å². The summed E-state index contributed by atoms with van der Waals surface area (Å²) in [4.78, 5) is 37.7. The molecule has 3 aromatic rings. The summed E-state index contributed by atoms with van der Waals surface area (Å²) < 4.78 is 14.2. The van der Waals surface area contributed by atoms with Crippen LogP contribution in [0.15, 0.2) is 77.7 Å². The molecule has 1 aromatic heterocycles. The smallest absolute Gasteiger partial charge is 0.253 e. The van der Waals surface area contributed by atoms with Crippen molar-refractivity contribution in [2.24, 2.45) is 0 Å². The molecular weight excluding hydrogens is 421 g/mol. The molecule has 1 aliphatic carbocycles. The first-order valence-electron chi connectivity index (χ1n) is 11.0. The van der Waals surface area contributed by atoms with E-state index in [1.165, 1.54) is 35.0 Å². The predicted molar refractivity (Wildman–Crippen MR) is 123 cm³/mol. The van der Waals surface area contributed by atoms with Crippen molar-refractivity contribution in [2.75, 3.05) is 0 Å². The fourth-order valence-corrected chi connectivity index (χ4v) is 4.31. The third kappa shape index (κ3) is 5.37. The van der Waals surface area contributed by atoms with E-state index in [9.17, 15) is 18.8 Å². The summed E-state index contributed by atoms with van der Waals surface area (Å²) in [6.45, 7) is -0.00138. The molecule has 0 unspecified atom stereocenters. The average molecular weight is 448 g/mol. The Morgan fingerprint density at radius 3 is 2.33 bits per heavy atom. The number of benzene rings is 2. The van der Waals surface area contributed by atoms with Gasteiger partial charge in [0.15, 0.2) is 0 Å². The highest BCUT2D eigenvalue weighted by molar-refractivity contribution is 5.94. The summed E-state index contributed by atoms with van der Waals surface area (Å²) in [5, 5.41) is 5.90. The first-order valence-corrected chi connectivity index (χ1v) is 11.0. The summed E-state index contributed by atoms with van der Waals surface area (Å²) in [5.41, 5.74) is 1.34. The summed E-state index contributed by atoms with van der Waals surface area (Å²) in [6.07, 6.45) is 5.19. The first kappa shape index (κ1) is 22.5. The number of rotatable bonds is 7. The number of hydrogen-bond donors (Lipinski definition) is 2. The fourth-order valence-electron chi connectivity index (χ4n) is 4.31. The molecule has 1 saturated carbocycles. The largest absolute Gasteiger partial charge is 0.350 e. The van der Waals surface area contributed by atoms with Crippen LogP contribution in [0.3, 0.4) is 0 Å². The van der Waals surface area contributed by atoms with Crippen LogP contribution in [0.25, 0.3) is 0 Å². The number of aromatic nitrogens is 1. The van der Waals surface area contributed by atoms with Crippen LogP contribution in [0.1, 0.15) is 47.2 Å². The van der Waals surface area contributed by atoms with Gasteiger partial charge >= 0.3 is 0 Å². The van der Waals surface area contributed by atoms with Crippen molar-refractivity contribution in [1.29, 1.82) is 0 Å². The number of nitrogens with zero attached hydrogens (tertiary/aromatic N) is 1. The Morgan fingerprint density at radius 1 is 0.939 bits per heavy atom. The van der Waals surface area contributed by atoms with Crippen LogP contribution in [0.2, 0.25) is 0 Å². The zero-order valence-corrected chi connectivity index (χ0v) is 18.2. The standard InChI is InChI=1S/C26H26FN3O3/c27-22-11-8-19(9-12-22)16-28-23(31)18-30-17-20(10-13-24(30)32)25(33)29-26(14-4-5-15-26)21-6-2-1-3-7-21/h1-3,6-13,17H,4-5,14-16,18H2,(H,28,31)(H,29,33). The van der Waals surface area contributed by atoms with E-state index in [0.717, 1.165) is 36.8 Å². The molecule has 4 rings (SSSR count). The SMILES string of the molecule is O=C(Cn1cc(C(=O)NC2(c3ccccc3)CCCC2)ccc1=O)NCc1ccc(F)cc1. The Hall–Kier alpha value is -3.74. The monoisotopic (exact) mass is 447 g/mol. The van der Waals surface area contributed by atoms with Crippen molar-refractivity contribution < 1.29 is 14.0 Å². The number of hydrogen-bond acceptors (Lipinski definition) is 3. The number of pyridine rings is 1. The van der Waals surface area contributed by atoms with Crippen LogP contribution >= 0.6 is 0 Å². The van der Waals surface area contributed by atoms with E-state index in [4.69, 9.17) is 0 Å². The highest BCUT2D eigenvalue weighted by Crippen LogP contribution is 2.38.